The molecular formula is C13H23NO5. The molecule has 0 aromatic rings. The first kappa shape index (κ1) is 14.6. The third-order valence-electron chi connectivity index (χ3n) is 3.08. The van der Waals surface area contributed by atoms with E-state index in [2.05, 4.69) is 0 Å². The van der Waals surface area contributed by atoms with E-state index in [-0.39, 0.29) is 6.04 Å². The lowest BCUT2D eigenvalue weighted by Crippen LogP contribution is -2.37. The van der Waals surface area contributed by atoms with Gasteiger partial charge in [0.1, 0.15) is 17.8 Å². The van der Waals surface area contributed by atoms with Crippen molar-refractivity contribution >= 4 is 6.09 Å². The molecule has 2 fully saturated rings. The van der Waals surface area contributed by atoms with Crippen LogP contribution in [0.25, 0.3) is 0 Å². The van der Waals surface area contributed by atoms with E-state index < -0.39 is 29.7 Å². The van der Waals surface area contributed by atoms with Crippen molar-refractivity contribution in [2.45, 2.75) is 64.3 Å². The summed E-state index contributed by atoms with van der Waals surface area (Å²) in [6.07, 6.45) is -1.53. The monoisotopic (exact) mass is 273 g/mol. The number of aliphatic hydroxyl groups excluding tert-OH is 1. The zero-order valence-electron chi connectivity index (χ0n) is 12.2. The van der Waals surface area contributed by atoms with Gasteiger partial charge in [0, 0.05) is 6.54 Å². The van der Waals surface area contributed by atoms with Gasteiger partial charge in [-0.15, -0.1) is 0 Å². The number of hydrogen-bond acceptors (Lipinski definition) is 5. The molecule has 2 saturated heterocycles. The lowest BCUT2D eigenvalue weighted by Gasteiger charge is -2.22. The van der Waals surface area contributed by atoms with Crippen molar-refractivity contribution in [3.8, 4) is 0 Å². The number of aliphatic hydroxyl groups is 1. The lowest BCUT2D eigenvalue weighted by molar-refractivity contribution is -0.151. The minimum Gasteiger partial charge on any atom is -0.444 e. The molecule has 0 saturated carbocycles. The molecule has 6 nitrogen and oxygen atoms in total. The third kappa shape index (κ3) is 3.58. The summed E-state index contributed by atoms with van der Waals surface area (Å²) in [7, 11) is 0. The van der Waals surface area contributed by atoms with E-state index in [1.165, 1.54) is 4.90 Å². The molecule has 2 heterocycles. The maximum absolute atomic E-state index is 11.8. The van der Waals surface area contributed by atoms with E-state index >= 15 is 0 Å². The van der Waals surface area contributed by atoms with Gasteiger partial charge in [-0.05, 0) is 34.6 Å². The fourth-order valence-corrected chi connectivity index (χ4v) is 2.11. The van der Waals surface area contributed by atoms with Crippen LogP contribution in [0.4, 0.5) is 4.79 Å². The SMILES string of the molecule is CC(C)(C)OC(=O)N1C[C@@H]1[C@H](O)[C@@H]1COC(C)(C)O1. The Morgan fingerprint density at radius 1 is 1.47 bits per heavy atom. The Kier molecular flexibility index (Phi) is 3.53. The molecule has 1 N–H and O–H groups in total. The highest BCUT2D eigenvalue weighted by molar-refractivity contribution is 5.71. The quantitative estimate of drug-likeness (QED) is 0.764. The fourth-order valence-electron chi connectivity index (χ4n) is 2.11. The summed E-state index contributed by atoms with van der Waals surface area (Å²) in [6.45, 7) is 9.89. The van der Waals surface area contributed by atoms with E-state index in [4.69, 9.17) is 14.2 Å². The summed E-state index contributed by atoms with van der Waals surface area (Å²) in [5.41, 5.74) is -0.524. The van der Waals surface area contributed by atoms with Crippen LogP contribution in [0.3, 0.4) is 0 Å². The van der Waals surface area contributed by atoms with Crippen LogP contribution in [0.1, 0.15) is 34.6 Å². The van der Waals surface area contributed by atoms with Crippen LogP contribution in [0, 0.1) is 0 Å². The number of rotatable bonds is 2. The number of hydrogen-bond donors (Lipinski definition) is 1. The zero-order valence-corrected chi connectivity index (χ0v) is 12.2. The number of carbonyl (C=O) groups is 1. The molecule has 0 aliphatic carbocycles. The molecule has 0 unspecified atom stereocenters. The summed E-state index contributed by atoms with van der Waals surface area (Å²) in [5.74, 6) is -0.669. The first-order valence-electron chi connectivity index (χ1n) is 6.58. The Morgan fingerprint density at radius 2 is 2.11 bits per heavy atom. The Labute approximate surface area is 113 Å². The molecule has 6 heteroatoms. The molecule has 19 heavy (non-hydrogen) atoms. The molecule has 2 rings (SSSR count). The van der Waals surface area contributed by atoms with Gasteiger partial charge < -0.3 is 19.3 Å². The molecule has 2 aliphatic heterocycles. The predicted octanol–water partition coefficient (Wildman–Crippen LogP) is 1.12. The first-order valence-corrected chi connectivity index (χ1v) is 6.58. The van der Waals surface area contributed by atoms with E-state index in [0.717, 1.165) is 0 Å². The van der Waals surface area contributed by atoms with Crippen LogP contribution in [-0.2, 0) is 14.2 Å². The second kappa shape index (κ2) is 4.61. The molecule has 0 aromatic heterocycles. The predicted molar refractivity (Wildman–Crippen MR) is 67.6 cm³/mol. The molecule has 0 spiro atoms. The minimum atomic E-state index is -0.741. The molecule has 0 radical (unpaired) electrons. The van der Waals surface area contributed by atoms with Gasteiger partial charge in [-0.2, -0.15) is 0 Å². The topological polar surface area (TPSA) is 68.0 Å². The van der Waals surface area contributed by atoms with Crippen LogP contribution in [0.2, 0.25) is 0 Å². The van der Waals surface area contributed by atoms with Crippen molar-refractivity contribution in [1.29, 1.82) is 0 Å². The highest BCUT2D eigenvalue weighted by Gasteiger charge is 2.51. The number of amides is 1. The normalized spacial score (nSPS) is 31.2. The molecular weight excluding hydrogens is 250 g/mol. The van der Waals surface area contributed by atoms with Crippen LogP contribution >= 0.6 is 0 Å². The van der Waals surface area contributed by atoms with Crippen LogP contribution < -0.4 is 0 Å². The third-order valence-corrected chi connectivity index (χ3v) is 3.08. The Bertz CT molecular complexity index is 363. The van der Waals surface area contributed by atoms with Crippen LogP contribution in [-0.4, -0.2) is 58.9 Å². The average Bonchev–Trinajstić information content (AvgIpc) is 2.94. The number of nitrogens with zero attached hydrogens (tertiary/aromatic N) is 1. The molecule has 0 bridgehead atoms. The molecule has 0 aromatic carbocycles. The first-order chi connectivity index (χ1) is 8.59. The maximum atomic E-state index is 11.8. The largest absolute Gasteiger partial charge is 0.444 e. The second-order valence-corrected chi connectivity index (χ2v) is 6.56. The lowest BCUT2D eigenvalue weighted by atomic mass is 10.1. The van der Waals surface area contributed by atoms with Crippen LogP contribution in [0.5, 0.6) is 0 Å². The van der Waals surface area contributed by atoms with Gasteiger partial charge >= 0.3 is 6.09 Å². The van der Waals surface area contributed by atoms with E-state index in [9.17, 15) is 9.90 Å². The van der Waals surface area contributed by atoms with E-state index in [1.54, 1.807) is 13.8 Å². The number of carbonyl (C=O) groups excluding carboxylic acids is 1. The summed E-state index contributed by atoms with van der Waals surface area (Å²) >= 11 is 0. The van der Waals surface area contributed by atoms with Gasteiger partial charge in [0.25, 0.3) is 0 Å². The average molecular weight is 273 g/mol. The molecule has 2 aliphatic rings. The summed E-state index contributed by atoms with van der Waals surface area (Å²) in [4.78, 5) is 13.3. The standard InChI is InChI=1S/C13H23NO5/c1-12(2,3)19-11(16)14-6-8(14)10(15)9-7-17-13(4,5)18-9/h8-10,15H,6-7H2,1-5H3/t8-,9+,10+,14?/m1/s1. The van der Waals surface area contributed by atoms with Gasteiger partial charge in [-0.1, -0.05) is 0 Å². The summed E-state index contributed by atoms with van der Waals surface area (Å²) in [6, 6.07) is -0.239. The fraction of sp³-hybridized carbons (Fsp3) is 0.923. The van der Waals surface area contributed by atoms with E-state index in [1.807, 2.05) is 20.8 Å². The molecule has 3 atom stereocenters. The summed E-state index contributed by atoms with van der Waals surface area (Å²) in [5, 5.41) is 10.2. The van der Waals surface area contributed by atoms with Gasteiger partial charge in [0.15, 0.2) is 5.79 Å². The smallest absolute Gasteiger partial charge is 0.410 e. The van der Waals surface area contributed by atoms with Crippen molar-refractivity contribution in [2.24, 2.45) is 0 Å². The highest BCUT2D eigenvalue weighted by atomic mass is 16.7. The Balaban J connectivity index is 1.84. The Hall–Kier alpha value is -0.850. The van der Waals surface area contributed by atoms with Crippen molar-refractivity contribution in [3.05, 3.63) is 0 Å². The zero-order chi connectivity index (χ0) is 14.4. The van der Waals surface area contributed by atoms with Crippen LogP contribution in [0.15, 0.2) is 0 Å². The van der Waals surface area contributed by atoms with Crippen molar-refractivity contribution in [3.63, 3.8) is 0 Å². The van der Waals surface area contributed by atoms with Gasteiger partial charge in [-0.25, -0.2) is 4.79 Å². The van der Waals surface area contributed by atoms with Crippen molar-refractivity contribution in [1.82, 2.24) is 4.90 Å². The Morgan fingerprint density at radius 3 is 2.58 bits per heavy atom. The van der Waals surface area contributed by atoms with Gasteiger partial charge in [0.05, 0.1) is 12.6 Å². The molecule has 110 valence electrons. The number of ether oxygens (including phenoxy) is 3. The van der Waals surface area contributed by atoms with E-state index in [0.29, 0.717) is 13.2 Å². The van der Waals surface area contributed by atoms with Crippen molar-refractivity contribution < 1.29 is 24.1 Å². The van der Waals surface area contributed by atoms with Crippen molar-refractivity contribution in [2.75, 3.05) is 13.2 Å². The summed E-state index contributed by atoms with van der Waals surface area (Å²) < 4.78 is 16.3. The second-order valence-electron chi connectivity index (χ2n) is 6.56. The minimum absolute atomic E-state index is 0.239. The highest BCUT2D eigenvalue weighted by Crippen LogP contribution is 2.31. The molecule has 1 amide bonds. The maximum Gasteiger partial charge on any atom is 0.410 e. The van der Waals surface area contributed by atoms with Gasteiger partial charge in [0.2, 0.25) is 0 Å². The van der Waals surface area contributed by atoms with Gasteiger partial charge in [-0.3, -0.25) is 4.90 Å².